The van der Waals surface area contributed by atoms with Crippen molar-refractivity contribution in [3.8, 4) is 0 Å². The highest BCUT2D eigenvalue weighted by molar-refractivity contribution is 8.00. The van der Waals surface area contributed by atoms with Gasteiger partial charge in [-0.2, -0.15) is 0 Å². The molecule has 0 bridgehead atoms. The van der Waals surface area contributed by atoms with Crippen LogP contribution in [0.15, 0.2) is 24.3 Å². The van der Waals surface area contributed by atoms with E-state index in [1.54, 1.807) is 23.6 Å². The smallest absolute Gasteiger partial charge is 0.307 e. The highest BCUT2D eigenvalue weighted by Gasteiger charge is 2.32. The number of esters is 1. The number of benzene rings is 1. The molecule has 1 aromatic carbocycles. The molecule has 1 amide bonds. The largest absolute Gasteiger partial charge is 0.466 e. The molecule has 2 rings (SSSR count). The van der Waals surface area contributed by atoms with Crippen molar-refractivity contribution in [3.63, 3.8) is 0 Å². The van der Waals surface area contributed by atoms with Crippen molar-refractivity contribution in [2.45, 2.75) is 18.7 Å². The summed E-state index contributed by atoms with van der Waals surface area (Å²) < 4.78 is 4.93. The summed E-state index contributed by atoms with van der Waals surface area (Å²) in [6.45, 7) is 2.56. The van der Waals surface area contributed by atoms with E-state index >= 15 is 0 Å². The van der Waals surface area contributed by atoms with Crippen LogP contribution in [0.3, 0.4) is 0 Å². The van der Waals surface area contributed by atoms with Gasteiger partial charge in [-0.05, 0) is 24.6 Å². The van der Waals surface area contributed by atoms with Gasteiger partial charge in [-0.1, -0.05) is 12.1 Å². The number of nitrogens with zero attached hydrogens (tertiary/aromatic N) is 2. The number of carbonyl (C=O) groups is 2. The van der Waals surface area contributed by atoms with Crippen LogP contribution in [0.25, 0.3) is 0 Å². The summed E-state index contributed by atoms with van der Waals surface area (Å²) in [5.74, 6) is 0.285. The molecular weight excluding hydrogens is 300 g/mol. The lowest BCUT2D eigenvalue weighted by atomic mass is 10.1. The van der Waals surface area contributed by atoms with Gasteiger partial charge in [-0.3, -0.25) is 9.59 Å². The van der Waals surface area contributed by atoms with Gasteiger partial charge in [-0.15, -0.1) is 11.8 Å². The number of anilines is 1. The highest BCUT2D eigenvalue weighted by atomic mass is 32.2. The van der Waals surface area contributed by atoms with E-state index in [4.69, 9.17) is 4.74 Å². The van der Waals surface area contributed by atoms with E-state index in [1.807, 2.05) is 43.3 Å². The Kier molecular flexibility index (Phi) is 5.71. The van der Waals surface area contributed by atoms with Gasteiger partial charge in [0.15, 0.2) is 0 Å². The minimum Gasteiger partial charge on any atom is -0.466 e. The zero-order chi connectivity index (χ0) is 16.1. The topological polar surface area (TPSA) is 49.9 Å². The summed E-state index contributed by atoms with van der Waals surface area (Å²) in [5.41, 5.74) is 2.21. The van der Waals surface area contributed by atoms with E-state index < -0.39 is 0 Å². The molecule has 0 aliphatic carbocycles. The average molecular weight is 322 g/mol. The quantitative estimate of drug-likeness (QED) is 0.752. The van der Waals surface area contributed by atoms with Gasteiger partial charge in [0.05, 0.1) is 18.8 Å². The Morgan fingerprint density at radius 3 is 2.64 bits per heavy atom. The molecule has 6 heteroatoms. The van der Waals surface area contributed by atoms with Crippen LogP contribution < -0.4 is 4.90 Å². The van der Waals surface area contributed by atoms with Crippen LogP contribution >= 0.6 is 11.8 Å². The first-order valence-electron chi connectivity index (χ1n) is 7.37. The number of amides is 1. The van der Waals surface area contributed by atoms with Crippen molar-refractivity contribution in [2.75, 3.05) is 37.9 Å². The molecule has 0 spiro atoms. The molecule has 1 saturated heterocycles. The summed E-state index contributed by atoms with van der Waals surface area (Å²) in [4.78, 5) is 27.4. The maximum atomic E-state index is 12.0. The summed E-state index contributed by atoms with van der Waals surface area (Å²) >= 11 is 1.60. The van der Waals surface area contributed by atoms with E-state index in [1.165, 1.54) is 0 Å². The first-order chi connectivity index (χ1) is 10.5. The third-order valence-corrected chi connectivity index (χ3v) is 4.78. The number of ether oxygens (including phenoxy) is 1. The Morgan fingerprint density at radius 2 is 2.05 bits per heavy atom. The van der Waals surface area contributed by atoms with Crippen molar-refractivity contribution < 1.29 is 14.3 Å². The molecule has 0 saturated carbocycles. The molecule has 1 aliphatic rings. The molecule has 1 heterocycles. The van der Waals surface area contributed by atoms with Crippen LogP contribution in [0.5, 0.6) is 0 Å². The third kappa shape index (κ3) is 3.94. The molecule has 0 N–H and O–H groups in total. The van der Waals surface area contributed by atoms with Crippen LogP contribution in [0.4, 0.5) is 5.69 Å². The van der Waals surface area contributed by atoms with Gasteiger partial charge >= 0.3 is 5.97 Å². The zero-order valence-electron chi connectivity index (χ0n) is 13.2. The maximum absolute atomic E-state index is 12.0. The molecule has 1 aromatic rings. The lowest BCUT2D eigenvalue weighted by molar-refractivity contribution is -0.143. The Bertz CT molecular complexity index is 531. The fraction of sp³-hybridized carbons (Fsp3) is 0.500. The molecule has 1 atom stereocenters. The van der Waals surface area contributed by atoms with Crippen LogP contribution in [-0.2, 0) is 14.3 Å². The van der Waals surface area contributed by atoms with Gasteiger partial charge in [0.2, 0.25) is 5.91 Å². The minimum absolute atomic E-state index is 0.0156. The number of hydrogen-bond donors (Lipinski definition) is 0. The number of thioether (sulfide) groups is 1. The second-order valence-electron chi connectivity index (χ2n) is 5.29. The average Bonchev–Trinajstić information content (AvgIpc) is 2.86. The van der Waals surface area contributed by atoms with E-state index in [0.717, 1.165) is 11.3 Å². The molecule has 1 fully saturated rings. The normalized spacial score (nSPS) is 17.7. The molecule has 22 heavy (non-hydrogen) atoms. The summed E-state index contributed by atoms with van der Waals surface area (Å²) in [5, 5.41) is -0.0156. The second-order valence-corrected chi connectivity index (χ2v) is 6.36. The molecule has 1 unspecified atom stereocenters. The van der Waals surface area contributed by atoms with Crippen LogP contribution in [0.1, 0.15) is 24.3 Å². The van der Waals surface area contributed by atoms with Gasteiger partial charge < -0.3 is 14.5 Å². The van der Waals surface area contributed by atoms with Crippen LogP contribution in [-0.4, -0.2) is 49.8 Å². The van der Waals surface area contributed by atoms with E-state index in [9.17, 15) is 9.59 Å². The van der Waals surface area contributed by atoms with E-state index in [0.29, 0.717) is 18.9 Å². The second kappa shape index (κ2) is 7.54. The Labute approximate surface area is 135 Å². The summed E-state index contributed by atoms with van der Waals surface area (Å²) in [6, 6.07) is 8.18. The van der Waals surface area contributed by atoms with Crippen molar-refractivity contribution in [1.82, 2.24) is 4.90 Å². The molecular formula is C16H22N2O3S. The molecule has 0 radical (unpaired) electrons. The van der Waals surface area contributed by atoms with E-state index in [2.05, 4.69) is 0 Å². The Hall–Kier alpha value is -1.69. The molecule has 0 aromatic heterocycles. The predicted octanol–water partition coefficient (Wildman–Crippen LogP) is 2.28. The molecule has 120 valence electrons. The predicted molar refractivity (Wildman–Crippen MR) is 88.9 cm³/mol. The monoisotopic (exact) mass is 322 g/mol. The number of carbonyl (C=O) groups excluding carboxylic acids is 2. The van der Waals surface area contributed by atoms with Gasteiger partial charge in [0, 0.05) is 26.3 Å². The summed E-state index contributed by atoms with van der Waals surface area (Å²) in [7, 11) is 3.99. The third-order valence-electron chi connectivity index (χ3n) is 3.52. The van der Waals surface area contributed by atoms with Gasteiger partial charge in [0.25, 0.3) is 0 Å². The standard InChI is InChI=1S/C16H22N2O3S/c1-4-21-15(20)9-10-18-14(19)11-22-16(18)12-5-7-13(8-6-12)17(2)3/h5-8,16H,4,9-11H2,1-3H3. The summed E-state index contributed by atoms with van der Waals surface area (Å²) in [6.07, 6.45) is 0.242. The first-order valence-corrected chi connectivity index (χ1v) is 8.41. The SMILES string of the molecule is CCOC(=O)CCN1C(=O)CSC1c1ccc(N(C)C)cc1. The van der Waals surface area contributed by atoms with Gasteiger partial charge in [0.1, 0.15) is 5.37 Å². The van der Waals surface area contributed by atoms with Crippen LogP contribution in [0, 0.1) is 0 Å². The van der Waals surface area contributed by atoms with Crippen molar-refractivity contribution in [3.05, 3.63) is 29.8 Å². The lowest BCUT2D eigenvalue weighted by Gasteiger charge is -2.24. The zero-order valence-corrected chi connectivity index (χ0v) is 14.1. The first kappa shape index (κ1) is 16.7. The van der Waals surface area contributed by atoms with Crippen LogP contribution in [0.2, 0.25) is 0 Å². The van der Waals surface area contributed by atoms with E-state index in [-0.39, 0.29) is 23.7 Å². The van der Waals surface area contributed by atoms with Crippen molar-refractivity contribution >= 4 is 29.3 Å². The maximum Gasteiger partial charge on any atom is 0.307 e. The minimum atomic E-state index is -0.256. The number of rotatable bonds is 6. The van der Waals surface area contributed by atoms with Crippen molar-refractivity contribution in [1.29, 1.82) is 0 Å². The fourth-order valence-electron chi connectivity index (χ4n) is 2.35. The van der Waals surface area contributed by atoms with Gasteiger partial charge in [-0.25, -0.2) is 0 Å². The van der Waals surface area contributed by atoms with Crippen molar-refractivity contribution in [2.24, 2.45) is 0 Å². The molecule has 5 nitrogen and oxygen atoms in total. The Balaban J connectivity index is 2.05. The Morgan fingerprint density at radius 1 is 1.36 bits per heavy atom. The lowest BCUT2D eigenvalue weighted by Crippen LogP contribution is -2.30. The number of hydrogen-bond acceptors (Lipinski definition) is 5. The fourth-order valence-corrected chi connectivity index (χ4v) is 3.57. The molecule has 1 aliphatic heterocycles. The highest BCUT2D eigenvalue weighted by Crippen LogP contribution is 2.39.